The van der Waals surface area contributed by atoms with E-state index in [1.807, 2.05) is 0 Å². The molecule has 1 aliphatic rings. The molecule has 1 aromatic rings. The summed E-state index contributed by atoms with van der Waals surface area (Å²) in [6.45, 7) is 0. The van der Waals surface area contributed by atoms with Gasteiger partial charge in [0.1, 0.15) is 11.4 Å². The number of halogens is 1. The number of amides is 2. The predicted octanol–water partition coefficient (Wildman–Crippen LogP) is 3.12. The highest BCUT2D eigenvalue weighted by molar-refractivity contribution is 5.93. The molecule has 3 N–H and O–H groups in total. The van der Waals surface area contributed by atoms with Crippen LogP contribution in [0.15, 0.2) is 24.3 Å². The standard InChI is InChI=1S/C15H19FN2O3/c16-11-5-7-12(8-6-11)17-14(21)18-15(13(19)20)9-3-1-2-4-10-15/h5-8H,1-4,9-10H2,(H,19,20)(H2,17,18,21). The van der Waals surface area contributed by atoms with Gasteiger partial charge in [-0.05, 0) is 37.1 Å². The Balaban J connectivity index is 2.04. The van der Waals surface area contributed by atoms with Crippen molar-refractivity contribution in [2.75, 3.05) is 5.32 Å². The zero-order valence-electron chi connectivity index (χ0n) is 11.7. The van der Waals surface area contributed by atoms with E-state index >= 15 is 0 Å². The Morgan fingerprint density at radius 3 is 2.14 bits per heavy atom. The van der Waals surface area contributed by atoms with E-state index < -0.39 is 23.4 Å². The smallest absolute Gasteiger partial charge is 0.329 e. The van der Waals surface area contributed by atoms with E-state index in [2.05, 4.69) is 10.6 Å². The van der Waals surface area contributed by atoms with Crippen molar-refractivity contribution < 1.29 is 19.1 Å². The monoisotopic (exact) mass is 294 g/mol. The van der Waals surface area contributed by atoms with Crippen molar-refractivity contribution in [2.45, 2.75) is 44.1 Å². The Bertz CT molecular complexity index is 508. The number of carboxylic acid groups (broad SMARTS) is 1. The second kappa shape index (κ2) is 6.56. The van der Waals surface area contributed by atoms with Gasteiger partial charge in [0.25, 0.3) is 0 Å². The lowest BCUT2D eigenvalue weighted by atomic mass is 9.90. The highest BCUT2D eigenvalue weighted by Crippen LogP contribution is 2.27. The van der Waals surface area contributed by atoms with E-state index in [1.54, 1.807) is 0 Å². The normalized spacial score (nSPS) is 17.6. The maximum Gasteiger partial charge on any atom is 0.329 e. The van der Waals surface area contributed by atoms with Crippen LogP contribution in [0.2, 0.25) is 0 Å². The van der Waals surface area contributed by atoms with E-state index in [0.717, 1.165) is 25.7 Å². The number of hydrogen-bond acceptors (Lipinski definition) is 2. The summed E-state index contributed by atoms with van der Waals surface area (Å²) < 4.78 is 12.8. The van der Waals surface area contributed by atoms with Crippen LogP contribution in [0.5, 0.6) is 0 Å². The zero-order valence-corrected chi connectivity index (χ0v) is 11.7. The fourth-order valence-corrected chi connectivity index (χ4v) is 2.64. The molecule has 2 amide bonds. The number of urea groups is 1. The van der Waals surface area contributed by atoms with Crippen molar-refractivity contribution in [1.29, 1.82) is 0 Å². The summed E-state index contributed by atoms with van der Waals surface area (Å²) in [5.74, 6) is -1.40. The van der Waals surface area contributed by atoms with Gasteiger partial charge in [-0.3, -0.25) is 0 Å². The van der Waals surface area contributed by atoms with Gasteiger partial charge in [-0.25, -0.2) is 14.0 Å². The first-order valence-electron chi connectivity index (χ1n) is 7.10. The van der Waals surface area contributed by atoms with Crippen LogP contribution in [0.1, 0.15) is 38.5 Å². The lowest BCUT2D eigenvalue weighted by molar-refractivity contribution is -0.145. The number of benzene rings is 1. The number of carbonyl (C=O) groups is 2. The molecular weight excluding hydrogens is 275 g/mol. The first kappa shape index (κ1) is 15.3. The van der Waals surface area contributed by atoms with Gasteiger partial charge < -0.3 is 15.7 Å². The van der Waals surface area contributed by atoms with Crippen molar-refractivity contribution in [2.24, 2.45) is 0 Å². The molecule has 1 saturated carbocycles. The second-order valence-corrected chi connectivity index (χ2v) is 5.39. The molecule has 5 nitrogen and oxygen atoms in total. The Kier molecular flexibility index (Phi) is 4.77. The number of hydrogen-bond donors (Lipinski definition) is 3. The van der Waals surface area contributed by atoms with Crippen molar-refractivity contribution in [1.82, 2.24) is 5.32 Å². The van der Waals surface area contributed by atoms with Crippen molar-refractivity contribution in [3.05, 3.63) is 30.1 Å². The van der Waals surface area contributed by atoms with Gasteiger partial charge >= 0.3 is 12.0 Å². The molecule has 0 saturated heterocycles. The van der Waals surface area contributed by atoms with Crippen LogP contribution in [-0.2, 0) is 4.79 Å². The number of rotatable bonds is 3. The molecule has 1 fully saturated rings. The largest absolute Gasteiger partial charge is 0.480 e. The van der Waals surface area contributed by atoms with Crippen molar-refractivity contribution >= 4 is 17.7 Å². The molecule has 114 valence electrons. The molecule has 0 radical (unpaired) electrons. The molecule has 2 rings (SSSR count). The summed E-state index contributed by atoms with van der Waals surface area (Å²) in [4.78, 5) is 23.6. The second-order valence-electron chi connectivity index (χ2n) is 5.39. The summed E-state index contributed by atoms with van der Waals surface area (Å²) in [6.07, 6.45) is 4.39. The number of carbonyl (C=O) groups excluding carboxylic acids is 1. The number of carboxylic acids is 1. The van der Waals surface area contributed by atoms with Gasteiger partial charge in [-0.1, -0.05) is 25.7 Å². The molecule has 0 atom stereocenters. The Hall–Kier alpha value is -2.11. The van der Waals surface area contributed by atoms with Crippen LogP contribution in [0.3, 0.4) is 0 Å². The first-order chi connectivity index (χ1) is 10.0. The number of nitrogens with one attached hydrogen (secondary N) is 2. The van der Waals surface area contributed by atoms with Gasteiger partial charge in [0, 0.05) is 5.69 Å². The fraction of sp³-hybridized carbons (Fsp3) is 0.467. The molecule has 1 aromatic carbocycles. The van der Waals surface area contributed by atoms with Gasteiger partial charge in [-0.15, -0.1) is 0 Å². The predicted molar refractivity (Wildman–Crippen MR) is 76.6 cm³/mol. The van der Waals surface area contributed by atoms with Gasteiger partial charge in [0.15, 0.2) is 0 Å². The molecule has 6 heteroatoms. The zero-order chi connectivity index (χ0) is 15.3. The Morgan fingerprint density at radius 2 is 1.62 bits per heavy atom. The van der Waals surface area contributed by atoms with Gasteiger partial charge in [0.05, 0.1) is 0 Å². The molecule has 0 bridgehead atoms. The highest BCUT2D eigenvalue weighted by Gasteiger charge is 2.40. The van der Waals surface area contributed by atoms with Crippen LogP contribution in [0.25, 0.3) is 0 Å². The van der Waals surface area contributed by atoms with Crippen LogP contribution >= 0.6 is 0 Å². The maximum atomic E-state index is 12.8. The SMILES string of the molecule is O=C(Nc1ccc(F)cc1)NC1(C(=O)O)CCCCCC1. The van der Waals surface area contributed by atoms with E-state index in [-0.39, 0.29) is 0 Å². The average Bonchev–Trinajstić information content (AvgIpc) is 2.68. The fourth-order valence-electron chi connectivity index (χ4n) is 2.64. The lowest BCUT2D eigenvalue weighted by Crippen LogP contribution is -2.55. The molecule has 0 heterocycles. The third kappa shape index (κ3) is 3.93. The van der Waals surface area contributed by atoms with Crippen molar-refractivity contribution in [3.8, 4) is 0 Å². The summed E-state index contributed by atoms with van der Waals surface area (Å²) in [7, 11) is 0. The average molecular weight is 294 g/mol. The minimum absolute atomic E-state index is 0.397. The highest BCUT2D eigenvalue weighted by atomic mass is 19.1. The summed E-state index contributed by atoms with van der Waals surface area (Å²) in [5, 5.41) is 14.6. The topological polar surface area (TPSA) is 78.4 Å². The van der Waals surface area contributed by atoms with E-state index in [9.17, 15) is 19.1 Å². The van der Waals surface area contributed by atoms with Crippen LogP contribution in [0, 0.1) is 5.82 Å². The third-order valence-corrected chi connectivity index (χ3v) is 3.82. The third-order valence-electron chi connectivity index (χ3n) is 3.82. The molecule has 0 unspecified atom stereocenters. The minimum Gasteiger partial charge on any atom is -0.480 e. The van der Waals surface area contributed by atoms with Crippen LogP contribution in [0.4, 0.5) is 14.9 Å². The molecule has 0 spiro atoms. The minimum atomic E-state index is -1.21. The summed E-state index contributed by atoms with van der Waals surface area (Å²) in [5.41, 5.74) is -0.788. The molecule has 0 aromatic heterocycles. The molecular formula is C15H19FN2O3. The van der Waals surface area contributed by atoms with Gasteiger partial charge in [0.2, 0.25) is 0 Å². The lowest BCUT2D eigenvalue weighted by Gasteiger charge is -2.29. The van der Waals surface area contributed by atoms with E-state index in [0.29, 0.717) is 18.5 Å². The van der Waals surface area contributed by atoms with Crippen LogP contribution in [-0.4, -0.2) is 22.6 Å². The molecule has 0 aliphatic heterocycles. The Morgan fingerprint density at radius 1 is 1.05 bits per heavy atom. The Labute approximate surface area is 122 Å². The van der Waals surface area contributed by atoms with E-state index in [4.69, 9.17) is 0 Å². The summed E-state index contributed by atoms with van der Waals surface area (Å²) in [6, 6.07) is 4.73. The molecule has 1 aliphatic carbocycles. The maximum absolute atomic E-state index is 12.8. The van der Waals surface area contributed by atoms with Crippen molar-refractivity contribution in [3.63, 3.8) is 0 Å². The number of anilines is 1. The van der Waals surface area contributed by atoms with Gasteiger partial charge in [-0.2, -0.15) is 0 Å². The molecule has 21 heavy (non-hydrogen) atoms. The quantitative estimate of drug-likeness (QED) is 0.749. The van der Waals surface area contributed by atoms with E-state index in [1.165, 1.54) is 24.3 Å². The first-order valence-corrected chi connectivity index (χ1v) is 7.10. The van der Waals surface area contributed by atoms with Crippen LogP contribution < -0.4 is 10.6 Å². The number of aliphatic carboxylic acids is 1. The summed E-state index contributed by atoms with van der Waals surface area (Å²) >= 11 is 0.